The highest BCUT2D eigenvalue weighted by Gasteiger charge is 2.31. The molecule has 128 valence electrons. The van der Waals surface area contributed by atoms with Gasteiger partial charge in [-0.15, -0.1) is 0 Å². The number of hydrogen-bond donors (Lipinski definition) is 0. The van der Waals surface area contributed by atoms with E-state index >= 15 is 0 Å². The van der Waals surface area contributed by atoms with Gasteiger partial charge in [0.2, 0.25) is 6.43 Å². The fraction of sp³-hybridized carbons (Fsp3) is 1.00. The Morgan fingerprint density at radius 3 is 1.57 bits per heavy atom. The molecule has 0 rings (SSSR count). The second-order valence-corrected chi connectivity index (χ2v) is 5.03. The molecule has 21 heavy (non-hydrogen) atoms. The molecule has 0 unspecified atom stereocenters. The van der Waals surface area contributed by atoms with Crippen molar-refractivity contribution >= 4 is 0 Å². The minimum atomic E-state index is -2.16. The lowest BCUT2D eigenvalue weighted by Gasteiger charge is -2.32. The van der Waals surface area contributed by atoms with Crippen molar-refractivity contribution in [2.45, 2.75) is 84.5 Å². The summed E-state index contributed by atoms with van der Waals surface area (Å²) >= 11 is 0. The lowest BCUT2D eigenvalue weighted by Crippen LogP contribution is -2.39. The maximum absolute atomic E-state index is 12.0. The van der Waals surface area contributed by atoms with Crippen molar-refractivity contribution in [3.05, 3.63) is 0 Å². The summed E-state index contributed by atoms with van der Waals surface area (Å²) in [6.07, 6.45) is 4.16. The monoisotopic (exact) mass is 310 g/mol. The van der Waals surface area contributed by atoms with Crippen LogP contribution in [0.25, 0.3) is 0 Å². The van der Waals surface area contributed by atoms with Crippen LogP contribution in [0.5, 0.6) is 0 Å². The predicted molar refractivity (Wildman–Crippen MR) is 80.5 cm³/mol. The van der Waals surface area contributed by atoms with E-state index in [9.17, 15) is 8.78 Å². The average Bonchev–Trinajstić information content (AvgIpc) is 2.42. The minimum Gasteiger partial charge on any atom is -0.328 e. The maximum Gasteiger partial charge on any atom is 0.282 e. The molecule has 0 heterocycles. The van der Waals surface area contributed by atoms with E-state index in [2.05, 4.69) is 0 Å². The van der Waals surface area contributed by atoms with Crippen LogP contribution >= 0.6 is 0 Å². The second-order valence-electron chi connectivity index (χ2n) is 5.03. The first kappa shape index (κ1) is 20.7. The molecule has 0 saturated carbocycles. The van der Waals surface area contributed by atoms with Gasteiger partial charge in [0, 0.05) is 32.7 Å². The molecule has 0 amide bonds. The molecule has 0 radical (unpaired) electrons. The second kappa shape index (κ2) is 13.4. The van der Waals surface area contributed by atoms with E-state index in [1.165, 1.54) is 0 Å². The Bertz CT molecular complexity index is 209. The van der Waals surface area contributed by atoms with Gasteiger partial charge in [-0.2, -0.15) is 0 Å². The molecule has 3 nitrogen and oxygen atoms in total. The van der Waals surface area contributed by atoms with Crippen LogP contribution in [0.3, 0.4) is 0 Å². The van der Waals surface area contributed by atoms with Crippen LogP contribution in [0.2, 0.25) is 0 Å². The lowest BCUT2D eigenvalue weighted by atomic mass is 10.1. The highest BCUT2D eigenvalue weighted by atomic mass is 19.3. The first-order chi connectivity index (χ1) is 10.1. The summed E-state index contributed by atoms with van der Waals surface area (Å²) in [7, 11) is 0. The molecule has 0 bridgehead atoms. The van der Waals surface area contributed by atoms with Crippen LogP contribution in [-0.4, -0.2) is 32.2 Å². The van der Waals surface area contributed by atoms with Crippen molar-refractivity contribution in [3.8, 4) is 0 Å². The third kappa shape index (κ3) is 11.0. The summed E-state index contributed by atoms with van der Waals surface area (Å²) in [5.41, 5.74) is 0. The Hall–Kier alpha value is -0.260. The van der Waals surface area contributed by atoms with Crippen LogP contribution in [0, 0.1) is 0 Å². The fourth-order valence-corrected chi connectivity index (χ4v) is 2.35. The Kier molecular flexibility index (Phi) is 13.2. The van der Waals surface area contributed by atoms with Crippen molar-refractivity contribution in [3.63, 3.8) is 0 Å². The molecule has 0 aromatic carbocycles. The molecule has 0 N–H and O–H groups in total. The topological polar surface area (TPSA) is 27.7 Å². The lowest BCUT2D eigenvalue weighted by molar-refractivity contribution is -0.380. The fourth-order valence-electron chi connectivity index (χ4n) is 2.35. The minimum absolute atomic E-state index is 0.0299. The van der Waals surface area contributed by atoms with E-state index in [1.54, 1.807) is 0 Å². The first-order valence-corrected chi connectivity index (χ1v) is 8.30. The molecule has 0 aliphatic heterocycles. The molecule has 0 aromatic heterocycles. The molecule has 0 spiro atoms. The summed E-state index contributed by atoms with van der Waals surface area (Å²) in [4.78, 5) is 0. The molecule has 0 aromatic rings. The summed E-state index contributed by atoms with van der Waals surface area (Å²) < 4.78 is 40.9. The first-order valence-electron chi connectivity index (χ1n) is 8.30. The number of unbranched alkanes of at least 4 members (excludes halogenated alkanes) is 5. The van der Waals surface area contributed by atoms with Crippen molar-refractivity contribution in [2.24, 2.45) is 0 Å². The van der Waals surface area contributed by atoms with Crippen LogP contribution in [0.4, 0.5) is 8.78 Å². The van der Waals surface area contributed by atoms with E-state index in [4.69, 9.17) is 14.2 Å². The zero-order valence-electron chi connectivity index (χ0n) is 13.8. The van der Waals surface area contributed by atoms with E-state index < -0.39 is 12.4 Å². The molecular weight excluding hydrogens is 278 g/mol. The Labute approximate surface area is 128 Å². The smallest absolute Gasteiger partial charge is 0.282 e. The van der Waals surface area contributed by atoms with Gasteiger partial charge in [-0.3, -0.25) is 0 Å². The standard InChI is InChI=1S/C16H32F2O3/c1-4-19-16(20-5-2,21-6-3)14-12-10-8-7-9-11-13-15(17)18/h15H,4-14H2,1-3H3. The molecule has 0 saturated heterocycles. The zero-order valence-corrected chi connectivity index (χ0v) is 13.8. The third-order valence-electron chi connectivity index (χ3n) is 3.25. The Morgan fingerprint density at radius 2 is 1.14 bits per heavy atom. The quantitative estimate of drug-likeness (QED) is 0.310. The number of ether oxygens (including phenoxy) is 3. The van der Waals surface area contributed by atoms with E-state index in [0.717, 1.165) is 32.1 Å². The summed E-state index contributed by atoms with van der Waals surface area (Å²) in [6, 6.07) is 0. The van der Waals surface area contributed by atoms with Crippen LogP contribution in [0.15, 0.2) is 0 Å². The average molecular weight is 310 g/mol. The Balaban J connectivity index is 3.81. The van der Waals surface area contributed by atoms with Gasteiger partial charge in [0.15, 0.2) is 0 Å². The normalized spacial score (nSPS) is 12.3. The van der Waals surface area contributed by atoms with E-state index in [1.807, 2.05) is 20.8 Å². The summed E-state index contributed by atoms with van der Waals surface area (Å²) in [5, 5.41) is 0. The highest BCUT2D eigenvalue weighted by molar-refractivity contribution is 4.59. The zero-order chi connectivity index (χ0) is 16.0. The Morgan fingerprint density at radius 1 is 0.714 bits per heavy atom. The van der Waals surface area contributed by atoms with Crippen molar-refractivity contribution in [2.75, 3.05) is 19.8 Å². The van der Waals surface area contributed by atoms with Gasteiger partial charge >= 0.3 is 0 Å². The number of hydrogen-bond acceptors (Lipinski definition) is 3. The van der Waals surface area contributed by atoms with Crippen molar-refractivity contribution < 1.29 is 23.0 Å². The third-order valence-corrected chi connectivity index (χ3v) is 3.25. The van der Waals surface area contributed by atoms with E-state index in [-0.39, 0.29) is 6.42 Å². The van der Waals surface area contributed by atoms with Gasteiger partial charge in [0.05, 0.1) is 0 Å². The van der Waals surface area contributed by atoms with Gasteiger partial charge in [-0.1, -0.05) is 25.7 Å². The van der Waals surface area contributed by atoms with Gasteiger partial charge in [-0.25, -0.2) is 8.78 Å². The van der Waals surface area contributed by atoms with Crippen LogP contribution < -0.4 is 0 Å². The molecule has 0 aliphatic carbocycles. The molecule has 0 fully saturated rings. The van der Waals surface area contributed by atoms with Crippen molar-refractivity contribution in [1.29, 1.82) is 0 Å². The molecule has 5 heteroatoms. The largest absolute Gasteiger partial charge is 0.328 e. The van der Waals surface area contributed by atoms with Crippen LogP contribution in [-0.2, 0) is 14.2 Å². The highest BCUT2D eigenvalue weighted by Crippen LogP contribution is 2.24. The van der Waals surface area contributed by atoms with Gasteiger partial charge in [0.25, 0.3) is 5.97 Å². The molecule has 0 atom stereocenters. The van der Waals surface area contributed by atoms with Gasteiger partial charge in [0.1, 0.15) is 0 Å². The SMILES string of the molecule is CCOC(CCCCCCCCC(F)F)(OCC)OCC. The van der Waals surface area contributed by atoms with Crippen LogP contribution in [0.1, 0.15) is 72.1 Å². The van der Waals surface area contributed by atoms with E-state index in [0.29, 0.717) is 32.7 Å². The summed E-state index contributed by atoms with van der Waals surface area (Å²) in [5.74, 6) is -0.909. The van der Waals surface area contributed by atoms with Gasteiger partial charge in [-0.05, 0) is 33.6 Å². The summed E-state index contributed by atoms with van der Waals surface area (Å²) in [6.45, 7) is 7.43. The number of alkyl halides is 2. The van der Waals surface area contributed by atoms with Gasteiger partial charge < -0.3 is 14.2 Å². The maximum atomic E-state index is 12.0. The molecule has 0 aliphatic rings. The predicted octanol–water partition coefficient (Wildman–Crippen LogP) is 5.14. The molecular formula is C16H32F2O3. The number of halogens is 2. The van der Waals surface area contributed by atoms with Crippen molar-refractivity contribution in [1.82, 2.24) is 0 Å². The number of rotatable bonds is 15.